The molecular formula is C30H27N3O7. The van der Waals surface area contributed by atoms with Gasteiger partial charge in [0.2, 0.25) is 5.75 Å². The maximum absolute atomic E-state index is 12.7. The number of esters is 1. The third-order valence-corrected chi connectivity index (χ3v) is 5.86. The van der Waals surface area contributed by atoms with Crippen molar-refractivity contribution in [1.29, 1.82) is 0 Å². The minimum absolute atomic E-state index is 0.214. The summed E-state index contributed by atoms with van der Waals surface area (Å²) in [7, 11) is 4.34. The molecule has 10 heteroatoms. The zero-order valence-corrected chi connectivity index (χ0v) is 22.1. The van der Waals surface area contributed by atoms with Crippen LogP contribution in [0.25, 0.3) is 10.8 Å². The van der Waals surface area contributed by atoms with Crippen molar-refractivity contribution in [3.05, 3.63) is 95.6 Å². The van der Waals surface area contributed by atoms with Crippen LogP contribution in [0.4, 0.5) is 0 Å². The van der Waals surface area contributed by atoms with Crippen molar-refractivity contribution < 1.29 is 33.3 Å². The highest BCUT2D eigenvalue weighted by atomic mass is 16.5. The van der Waals surface area contributed by atoms with E-state index >= 15 is 0 Å². The molecule has 0 atom stereocenters. The summed E-state index contributed by atoms with van der Waals surface area (Å²) >= 11 is 0. The smallest absolute Gasteiger partial charge is 0.343 e. The van der Waals surface area contributed by atoms with Gasteiger partial charge in [-0.25, -0.2) is 10.2 Å². The van der Waals surface area contributed by atoms with E-state index in [0.29, 0.717) is 28.4 Å². The summed E-state index contributed by atoms with van der Waals surface area (Å²) in [6.07, 6.45) is 1.40. The fraction of sp³-hybridized carbons (Fsp3) is 0.133. The summed E-state index contributed by atoms with van der Waals surface area (Å²) in [6.45, 7) is -0.349. The van der Waals surface area contributed by atoms with Gasteiger partial charge in [0.25, 0.3) is 11.8 Å². The zero-order chi connectivity index (χ0) is 28.5. The van der Waals surface area contributed by atoms with Crippen LogP contribution in [0.1, 0.15) is 26.3 Å². The second kappa shape index (κ2) is 12.9. The standard InChI is InChI=1S/C30H27N3O7/c1-37-25-15-21(16-26(38-2)28(25)39-3)29(35)31-18-27(34)33-32-17-23-22-12-8-7-9-19(22)13-14-24(23)40-30(36)20-10-5-4-6-11-20/h4-17H,18H2,1-3H3,(H,31,35)(H,33,34). The quantitative estimate of drug-likeness (QED) is 0.135. The Bertz CT molecular complexity index is 1540. The lowest BCUT2D eigenvalue weighted by Crippen LogP contribution is -2.35. The number of rotatable bonds is 10. The first-order valence-corrected chi connectivity index (χ1v) is 12.1. The van der Waals surface area contributed by atoms with Gasteiger partial charge in [-0.15, -0.1) is 0 Å². The Labute approximate surface area is 230 Å². The molecule has 4 aromatic rings. The van der Waals surface area contributed by atoms with Crippen LogP contribution in [-0.2, 0) is 4.79 Å². The number of benzene rings is 4. The molecule has 0 unspecified atom stereocenters. The predicted molar refractivity (Wildman–Crippen MR) is 150 cm³/mol. The van der Waals surface area contributed by atoms with E-state index in [2.05, 4.69) is 15.8 Å². The largest absolute Gasteiger partial charge is 0.493 e. The maximum atomic E-state index is 12.7. The fourth-order valence-corrected chi connectivity index (χ4v) is 3.91. The Morgan fingerprint density at radius 3 is 2.12 bits per heavy atom. The lowest BCUT2D eigenvalue weighted by Gasteiger charge is -2.14. The molecule has 2 amide bonds. The summed E-state index contributed by atoms with van der Waals surface area (Å²) in [5, 5.41) is 8.23. The number of nitrogens with one attached hydrogen (secondary N) is 2. The Balaban J connectivity index is 1.45. The van der Waals surface area contributed by atoms with Crippen molar-refractivity contribution in [2.24, 2.45) is 5.10 Å². The number of carbonyl (C=O) groups excluding carboxylic acids is 3. The van der Waals surface area contributed by atoms with Gasteiger partial charge in [-0.05, 0) is 41.1 Å². The van der Waals surface area contributed by atoms with Crippen LogP contribution in [0.5, 0.6) is 23.0 Å². The van der Waals surface area contributed by atoms with Gasteiger partial charge in [-0.1, -0.05) is 48.5 Å². The Morgan fingerprint density at radius 2 is 1.45 bits per heavy atom. The minimum atomic E-state index is -0.569. The highest BCUT2D eigenvalue weighted by Crippen LogP contribution is 2.38. The van der Waals surface area contributed by atoms with Crippen LogP contribution in [0.15, 0.2) is 84.0 Å². The van der Waals surface area contributed by atoms with Crippen LogP contribution >= 0.6 is 0 Å². The monoisotopic (exact) mass is 541 g/mol. The molecule has 0 saturated carbocycles. The number of hydrogen-bond donors (Lipinski definition) is 2. The molecule has 4 aromatic carbocycles. The predicted octanol–water partition coefficient (Wildman–Crippen LogP) is 3.96. The molecule has 204 valence electrons. The molecule has 0 heterocycles. The summed E-state index contributed by atoms with van der Waals surface area (Å²) in [5.74, 6) is -0.385. The zero-order valence-electron chi connectivity index (χ0n) is 22.1. The molecule has 0 saturated heterocycles. The number of hydrogen-bond acceptors (Lipinski definition) is 8. The molecular weight excluding hydrogens is 514 g/mol. The van der Waals surface area contributed by atoms with Gasteiger partial charge in [0, 0.05) is 11.1 Å². The Morgan fingerprint density at radius 1 is 0.775 bits per heavy atom. The normalized spacial score (nSPS) is 10.7. The average Bonchev–Trinajstić information content (AvgIpc) is 3.00. The minimum Gasteiger partial charge on any atom is -0.493 e. The van der Waals surface area contributed by atoms with E-state index in [4.69, 9.17) is 18.9 Å². The van der Waals surface area contributed by atoms with Crippen LogP contribution in [0, 0.1) is 0 Å². The van der Waals surface area contributed by atoms with Crippen LogP contribution in [-0.4, -0.2) is 51.9 Å². The second-order valence-corrected chi connectivity index (χ2v) is 8.34. The summed E-state index contributed by atoms with van der Waals surface area (Å²) < 4.78 is 21.4. The number of nitrogens with zero attached hydrogens (tertiary/aromatic N) is 1. The summed E-state index contributed by atoms with van der Waals surface area (Å²) in [5.41, 5.74) is 3.50. The number of ether oxygens (including phenoxy) is 4. The number of methoxy groups -OCH3 is 3. The van der Waals surface area contributed by atoms with E-state index in [1.54, 1.807) is 36.4 Å². The van der Waals surface area contributed by atoms with Crippen molar-refractivity contribution in [1.82, 2.24) is 10.7 Å². The molecule has 40 heavy (non-hydrogen) atoms. The van der Waals surface area contributed by atoms with Gasteiger partial charge in [0.05, 0.1) is 39.7 Å². The lowest BCUT2D eigenvalue weighted by atomic mass is 10.0. The molecule has 0 aliphatic heterocycles. The summed E-state index contributed by atoms with van der Waals surface area (Å²) in [4.78, 5) is 37.8. The van der Waals surface area contributed by atoms with Gasteiger partial charge in [0.15, 0.2) is 11.5 Å². The first-order chi connectivity index (χ1) is 19.4. The molecule has 0 spiro atoms. The fourth-order valence-electron chi connectivity index (χ4n) is 3.91. The number of amides is 2. The van der Waals surface area contributed by atoms with Gasteiger partial charge < -0.3 is 24.3 Å². The first-order valence-electron chi connectivity index (χ1n) is 12.1. The second-order valence-electron chi connectivity index (χ2n) is 8.34. The van der Waals surface area contributed by atoms with Crippen molar-refractivity contribution in [2.45, 2.75) is 0 Å². The first kappa shape index (κ1) is 27.6. The van der Waals surface area contributed by atoms with E-state index in [0.717, 1.165) is 10.8 Å². The van der Waals surface area contributed by atoms with Crippen molar-refractivity contribution in [2.75, 3.05) is 27.9 Å². The van der Waals surface area contributed by atoms with E-state index in [1.165, 1.54) is 39.7 Å². The molecule has 0 aliphatic carbocycles. The highest BCUT2D eigenvalue weighted by molar-refractivity contribution is 6.04. The van der Waals surface area contributed by atoms with Crippen LogP contribution < -0.4 is 29.7 Å². The highest BCUT2D eigenvalue weighted by Gasteiger charge is 2.18. The van der Waals surface area contributed by atoms with Crippen molar-refractivity contribution in [3.8, 4) is 23.0 Å². The lowest BCUT2D eigenvalue weighted by molar-refractivity contribution is -0.120. The third-order valence-electron chi connectivity index (χ3n) is 5.86. The van der Waals surface area contributed by atoms with E-state index in [9.17, 15) is 14.4 Å². The molecule has 0 radical (unpaired) electrons. The number of fused-ring (bicyclic) bond motifs is 1. The molecule has 0 aromatic heterocycles. The molecule has 0 fully saturated rings. The van der Waals surface area contributed by atoms with Gasteiger partial charge in [0.1, 0.15) is 5.75 Å². The summed E-state index contributed by atoms with van der Waals surface area (Å²) in [6, 6.07) is 22.6. The van der Waals surface area contributed by atoms with Gasteiger partial charge in [-0.2, -0.15) is 5.10 Å². The molecule has 0 bridgehead atoms. The molecule has 10 nitrogen and oxygen atoms in total. The third kappa shape index (κ3) is 6.36. The van der Waals surface area contributed by atoms with Crippen LogP contribution in [0.3, 0.4) is 0 Å². The van der Waals surface area contributed by atoms with E-state index in [1.807, 2.05) is 30.3 Å². The van der Waals surface area contributed by atoms with Gasteiger partial charge in [-0.3, -0.25) is 9.59 Å². The molecule has 4 rings (SSSR count). The average molecular weight is 542 g/mol. The van der Waals surface area contributed by atoms with Crippen molar-refractivity contribution >= 4 is 34.8 Å². The molecule has 0 aliphatic rings. The number of carbonyl (C=O) groups is 3. The molecule has 2 N–H and O–H groups in total. The van der Waals surface area contributed by atoms with E-state index < -0.39 is 17.8 Å². The van der Waals surface area contributed by atoms with E-state index in [-0.39, 0.29) is 17.9 Å². The maximum Gasteiger partial charge on any atom is 0.343 e. The topological polar surface area (TPSA) is 125 Å². The SMILES string of the molecule is COc1cc(C(=O)NCC(=O)NN=Cc2c(OC(=O)c3ccccc3)ccc3ccccc23)cc(OC)c1OC. The van der Waals surface area contributed by atoms with Gasteiger partial charge >= 0.3 is 5.97 Å². The Hall–Kier alpha value is -5.38. The Kier molecular flexibility index (Phi) is 8.93. The van der Waals surface area contributed by atoms with Crippen molar-refractivity contribution in [3.63, 3.8) is 0 Å². The van der Waals surface area contributed by atoms with Crippen LogP contribution in [0.2, 0.25) is 0 Å². The number of hydrazone groups is 1.